The Kier molecular flexibility index (Phi) is 6.72. The minimum absolute atomic E-state index is 0.435. The average molecular weight is 244 g/mol. The summed E-state index contributed by atoms with van der Waals surface area (Å²) < 4.78 is 4.82. The third kappa shape index (κ3) is 4.68. The zero-order valence-electron chi connectivity index (χ0n) is 10.4. The fourth-order valence-corrected chi connectivity index (χ4v) is 0.841. The van der Waals surface area contributed by atoms with E-state index < -0.39 is 31.2 Å². The van der Waals surface area contributed by atoms with Crippen molar-refractivity contribution in [2.24, 2.45) is 5.41 Å². The predicted molar refractivity (Wildman–Crippen MR) is 63.0 cm³/mol. The van der Waals surface area contributed by atoms with Gasteiger partial charge in [0.15, 0.2) is 0 Å². The molecule has 0 aromatic carbocycles. The zero-order valence-corrected chi connectivity index (χ0v) is 10.4. The number of esters is 1. The number of carbonyl (C=O) groups excluding carboxylic acids is 1. The molecule has 5 heteroatoms. The Bertz CT molecular complexity index is 301. The van der Waals surface area contributed by atoms with Crippen LogP contribution in [0, 0.1) is 5.41 Å². The minimum Gasteiger partial charge on any atom is -0.431 e. The van der Waals surface area contributed by atoms with Crippen molar-refractivity contribution in [2.45, 2.75) is 20.8 Å². The molecule has 0 bridgehead atoms. The molecule has 0 radical (unpaired) electrons. The normalized spacial score (nSPS) is 11.6. The predicted octanol–water partition coefficient (Wildman–Crippen LogP) is 0.363. The molecular weight excluding hydrogens is 224 g/mol. The maximum Gasteiger partial charge on any atom is 0.338 e. The van der Waals surface area contributed by atoms with Gasteiger partial charge < -0.3 is 20.1 Å². The Morgan fingerprint density at radius 2 is 1.59 bits per heavy atom. The van der Waals surface area contributed by atoms with Gasteiger partial charge in [-0.15, -0.1) is 0 Å². The van der Waals surface area contributed by atoms with Gasteiger partial charge in [-0.3, -0.25) is 0 Å². The van der Waals surface area contributed by atoms with Crippen molar-refractivity contribution in [3.63, 3.8) is 0 Å². The fraction of sp³-hybridized carbons (Fsp3) is 0.583. The second-order valence-electron chi connectivity index (χ2n) is 4.17. The highest BCUT2D eigenvalue weighted by atomic mass is 16.5. The van der Waals surface area contributed by atoms with Gasteiger partial charge in [-0.2, -0.15) is 0 Å². The molecule has 0 aliphatic rings. The molecule has 0 saturated heterocycles. The number of allylic oxidation sites excluding steroid dienone is 1. The Morgan fingerprint density at radius 3 is 1.94 bits per heavy atom. The van der Waals surface area contributed by atoms with E-state index >= 15 is 0 Å². The van der Waals surface area contributed by atoms with Crippen molar-refractivity contribution in [1.29, 1.82) is 0 Å². The second kappa shape index (κ2) is 7.21. The third-order valence-electron chi connectivity index (χ3n) is 2.60. The van der Waals surface area contributed by atoms with Gasteiger partial charge in [-0.05, 0) is 26.8 Å². The lowest BCUT2D eigenvalue weighted by atomic mass is 9.92. The van der Waals surface area contributed by atoms with E-state index in [2.05, 4.69) is 0 Å². The smallest absolute Gasteiger partial charge is 0.338 e. The maximum atomic E-state index is 11.4. The molecule has 0 rings (SSSR count). The number of ether oxygens (including phenoxy) is 1. The topological polar surface area (TPSA) is 87.0 Å². The summed E-state index contributed by atoms with van der Waals surface area (Å²) in [5.41, 5.74) is 0.178. The first-order valence-corrected chi connectivity index (χ1v) is 5.28. The van der Waals surface area contributed by atoms with Crippen molar-refractivity contribution >= 4 is 5.97 Å². The summed E-state index contributed by atoms with van der Waals surface area (Å²) in [6, 6.07) is 0. The molecule has 0 fully saturated rings. The van der Waals surface area contributed by atoms with Crippen molar-refractivity contribution in [3.8, 4) is 0 Å². The summed E-state index contributed by atoms with van der Waals surface area (Å²) in [4.78, 5) is 11.4. The fourth-order valence-electron chi connectivity index (χ4n) is 0.841. The van der Waals surface area contributed by atoms with Crippen LogP contribution in [-0.4, -0.2) is 41.1 Å². The van der Waals surface area contributed by atoms with Crippen LogP contribution >= 0.6 is 0 Å². The first kappa shape index (κ1) is 15.8. The number of hydrogen-bond acceptors (Lipinski definition) is 5. The van der Waals surface area contributed by atoms with Crippen molar-refractivity contribution < 1.29 is 24.9 Å². The van der Waals surface area contributed by atoms with Crippen LogP contribution in [0.4, 0.5) is 0 Å². The molecule has 0 aliphatic heterocycles. The van der Waals surface area contributed by atoms with Crippen molar-refractivity contribution in [3.05, 3.63) is 23.5 Å². The number of aliphatic hydroxyl groups is 3. The van der Waals surface area contributed by atoms with E-state index in [-0.39, 0.29) is 0 Å². The van der Waals surface area contributed by atoms with Gasteiger partial charge in [0, 0.05) is 5.57 Å². The minimum atomic E-state index is -1.17. The van der Waals surface area contributed by atoms with Crippen LogP contribution in [-0.2, 0) is 9.53 Å². The summed E-state index contributed by atoms with van der Waals surface area (Å²) in [7, 11) is 0. The first-order chi connectivity index (χ1) is 7.92. The second-order valence-corrected chi connectivity index (χ2v) is 4.17. The van der Waals surface area contributed by atoms with E-state index in [1.807, 2.05) is 0 Å². The molecule has 0 aromatic rings. The van der Waals surface area contributed by atoms with Crippen LogP contribution in [0.25, 0.3) is 0 Å². The maximum absolute atomic E-state index is 11.4. The highest BCUT2D eigenvalue weighted by Gasteiger charge is 2.24. The molecule has 0 unspecified atom stereocenters. The first-order valence-electron chi connectivity index (χ1n) is 5.28. The van der Waals surface area contributed by atoms with Crippen LogP contribution < -0.4 is 0 Å². The average Bonchev–Trinajstić information content (AvgIpc) is 2.34. The van der Waals surface area contributed by atoms with Crippen LogP contribution in [0.15, 0.2) is 23.5 Å². The molecule has 0 saturated carbocycles. The Hall–Kier alpha value is -1.17. The van der Waals surface area contributed by atoms with Gasteiger partial charge in [-0.1, -0.05) is 5.57 Å². The Morgan fingerprint density at radius 1 is 1.12 bits per heavy atom. The number of hydrogen-bond donors (Lipinski definition) is 3. The molecule has 0 heterocycles. The molecule has 5 nitrogen and oxygen atoms in total. The third-order valence-corrected chi connectivity index (χ3v) is 2.60. The lowest BCUT2D eigenvalue weighted by Gasteiger charge is -2.22. The number of aliphatic hydroxyl groups excluding tert-OH is 3. The van der Waals surface area contributed by atoms with E-state index in [9.17, 15) is 4.79 Å². The lowest BCUT2D eigenvalue weighted by Crippen LogP contribution is -2.31. The molecule has 0 spiro atoms. The van der Waals surface area contributed by atoms with Gasteiger partial charge >= 0.3 is 5.97 Å². The van der Waals surface area contributed by atoms with Gasteiger partial charge in [0.1, 0.15) is 0 Å². The monoisotopic (exact) mass is 244 g/mol. The van der Waals surface area contributed by atoms with Crippen LogP contribution in [0.1, 0.15) is 20.8 Å². The number of carbonyl (C=O) groups is 1. The van der Waals surface area contributed by atoms with Gasteiger partial charge in [0.2, 0.25) is 0 Å². The summed E-state index contributed by atoms with van der Waals surface area (Å²) in [6.07, 6.45) is 2.36. The largest absolute Gasteiger partial charge is 0.431 e. The van der Waals surface area contributed by atoms with Crippen LogP contribution in [0.5, 0.6) is 0 Å². The lowest BCUT2D eigenvalue weighted by molar-refractivity contribution is -0.133. The van der Waals surface area contributed by atoms with Crippen molar-refractivity contribution in [2.75, 3.05) is 19.8 Å². The molecule has 0 atom stereocenters. The molecular formula is C12H20O5. The highest BCUT2D eigenvalue weighted by molar-refractivity contribution is 5.88. The van der Waals surface area contributed by atoms with E-state index in [4.69, 9.17) is 20.1 Å². The standard InChI is InChI=1S/C12H20O5/c1-9(2)10(3)11(16)17-5-4-12(6-13,7-14)8-15/h4-5,13-15H,6-8H2,1-3H3. The van der Waals surface area contributed by atoms with Crippen LogP contribution in [0.3, 0.4) is 0 Å². The van der Waals surface area contributed by atoms with E-state index in [1.165, 1.54) is 6.08 Å². The van der Waals surface area contributed by atoms with E-state index in [0.717, 1.165) is 11.8 Å². The molecule has 17 heavy (non-hydrogen) atoms. The zero-order chi connectivity index (χ0) is 13.5. The summed E-state index contributed by atoms with van der Waals surface area (Å²) in [5, 5.41) is 27.1. The molecule has 3 N–H and O–H groups in total. The van der Waals surface area contributed by atoms with E-state index in [1.54, 1.807) is 20.8 Å². The summed E-state index contributed by atoms with van der Waals surface area (Å²) in [6.45, 7) is 3.92. The summed E-state index contributed by atoms with van der Waals surface area (Å²) in [5.74, 6) is -0.496. The quantitative estimate of drug-likeness (QED) is 0.357. The Labute approximate surface area is 101 Å². The summed E-state index contributed by atoms with van der Waals surface area (Å²) >= 11 is 0. The highest BCUT2D eigenvalue weighted by Crippen LogP contribution is 2.16. The Balaban J connectivity index is 4.56. The van der Waals surface area contributed by atoms with Gasteiger partial charge in [-0.25, -0.2) is 4.79 Å². The van der Waals surface area contributed by atoms with Crippen molar-refractivity contribution in [1.82, 2.24) is 0 Å². The SMILES string of the molecule is CC(C)=C(C)C(=O)OC=CC(CO)(CO)CO. The van der Waals surface area contributed by atoms with Gasteiger partial charge in [0.25, 0.3) is 0 Å². The molecule has 98 valence electrons. The number of rotatable bonds is 6. The molecule has 0 aromatic heterocycles. The van der Waals surface area contributed by atoms with E-state index in [0.29, 0.717) is 5.57 Å². The van der Waals surface area contributed by atoms with Crippen LogP contribution in [0.2, 0.25) is 0 Å². The molecule has 0 aliphatic carbocycles. The molecule has 0 amide bonds. The van der Waals surface area contributed by atoms with Gasteiger partial charge in [0.05, 0.1) is 31.5 Å².